The Balaban J connectivity index is 1.74. The molecule has 1 unspecified atom stereocenters. The minimum absolute atomic E-state index is 0.00201. The van der Waals surface area contributed by atoms with Crippen LogP contribution in [0.2, 0.25) is 0 Å². The van der Waals surface area contributed by atoms with Gasteiger partial charge in [0.05, 0.1) is 6.04 Å². The highest BCUT2D eigenvalue weighted by Crippen LogP contribution is 2.34. The van der Waals surface area contributed by atoms with Gasteiger partial charge in [-0.05, 0) is 68.0 Å². The summed E-state index contributed by atoms with van der Waals surface area (Å²) >= 11 is 1.68. The summed E-state index contributed by atoms with van der Waals surface area (Å²) in [5, 5.41) is 4.90. The number of carbonyl (C=O) groups is 2. The minimum Gasteiger partial charge on any atom is -0.491 e. The molecule has 3 amide bonds. The Labute approximate surface area is 187 Å². The van der Waals surface area contributed by atoms with Crippen molar-refractivity contribution in [2.45, 2.75) is 45.7 Å². The molecular weight excluding hydrogens is 417 g/mol. The number of nitrogens with one attached hydrogen (secondary N) is 1. The fourth-order valence-electron chi connectivity index (χ4n) is 3.70. The zero-order valence-electron chi connectivity index (χ0n) is 18.3. The molecule has 0 saturated heterocycles. The van der Waals surface area contributed by atoms with Gasteiger partial charge in [0.1, 0.15) is 24.7 Å². The van der Waals surface area contributed by atoms with Crippen LogP contribution in [0.1, 0.15) is 43.7 Å². The van der Waals surface area contributed by atoms with Crippen molar-refractivity contribution in [3.05, 3.63) is 52.0 Å². The molecule has 0 aliphatic carbocycles. The lowest BCUT2D eigenvalue weighted by Gasteiger charge is -2.37. The number of amides is 3. The predicted molar refractivity (Wildman–Crippen MR) is 120 cm³/mol. The molecule has 0 radical (unpaired) electrons. The number of hydrogen-bond acceptors (Lipinski definition) is 4. The number of carbonyl (C=O) groups excluding carboxylic acids is 2. The first kappa shape index (κ1) is 23.1. The highest BCUT2D eigenvalue weighted by molar-refractivity contribution is 7.10. The van der Waals surface area contributed by atoms with Gasteiger partial charge in [0.15, 0.2) is 0 Å². The Kier molecular flexibility index (Phi) is 7.90. The molecule has 0 bridgehead atoms. The Hall–Kier alpha value is -2.61. The summed E-state index contributed by atoms with van der Waals surface area (Å²) in [5.41, 5.74) is 1.08. The Bertz CT molecular complexity index is 884. The van der Waals surface area contributed by atoms with E-state index in [9.17, 15) is 14.0 Å². The molecule has 0 saturated carbocycles. The van der Waals surface area contributed by atoms with Gasteiger partial charge in [-0.3, -0.25) is 4.79 Å². The van der Waals surface area contributed by atoms with E-state index in [1.807, 2.05) is 37.1 Å². The van der Waals surface area contributed by atoms with Gasteiger partial charge in [0.2, 0.25) is 5.91 Å². The largest absolute Gasteiger partial charge is 0.491 e. The zero-order chi connectivity index (χ0) is 22.4. The van der Waals surface area contributed by atoms with E-state index in [1.54, 1.807) is 28.4 Å². The molecule has 0 spiro atoms. The van der Waals surface area contributed by atoms with E-state index in [1.165, 1.54) is 17.0 Å². The van der Waals surface area contributed by atoms with E-state index in [2.05, 4.69) is 5.32 Å². The number of hydrogen-bond donors (Lipinski definition) is 1. The molecule has 1 aliphatic heterocycles. The quantitative estimate of drug-likeness (QED) is 0.659. The third-order valence-electron chi connectivity index (χ3n) is 5.16. The van der Waals surface area contributed by atoms with Crippen LogP contribution in [0.15, 0.2) is 35.7 Å². The van der Waals surface area contributed by atoms with Gasteiger partial charge >= 0.3 is 6.03 Å². The van der Waals surface area contributed by atoms with Gasteiger partial charge < -0.3 is 19.9 Å². The van der Waals surface area contributed by atoms with Gasteiger partial charge in [-0.15, -0.1) is 11.3 Å². The average Bonchev–Trinajstić information content (AvgIpc) is 3.21. The van der Waals surface area contributed by atoms with Crippen LogP contribution >= 0.6 is 11.3 Å². The van der Waals surface area contributed by atoms with E-state index in [0.29, 0.717) is 18.8 Å². The molecule has 8 heteroatoms. The van der Waals surface area contributed by atoms with Gasteiger partial charge in [-0.1, -0.05) is 6.92 Å². The number of fused-ring (bicyclic) bond motifs is 1. The molecule has 1 aromatic carbocycles. The topological polar surface area (TPSA) is 61.9 Å². The molecule has 0 fully saturated rings. The highest BCUT2D eigenvalue weighted by atomic mass is 32.1. The second kappa shape index (κ2) is 10.6. The number of nitrogens with zero attached hydrogens (tertiary/aromatic N) is 2. The summed E-state index contributed by atoms with van der Waals surface area (Å²) in [6.45, 7) is 7.17. The fraction of sp³-hybridized carbons (Fsp3) is 0.478. The number of rotatable bonds is 8. The van der Waals surface area contributed by atoms with Gasteiger partial charge in [0, 0.05) is 24.0 Å². The lowest BCUT2D eigenvalue weighted by molar-refractivity contribution is -0.135. The first-order chi connectivity index (χ1) is 14.9. The van der Waals surface area contributed by atoms with Crippen LogP contribution < -0.4 is 10.1 Å². The van der Waals surface area contributed by atoms with Crippen LogP contribution in [-0.4, -0.2) is 54.0 Å². The Morgan fingerprint density at radius 1 is 1.29 bits per heavy atom. The lowest BCUT2D eigenvalue weighted by atomic mass is 10.0. The number of urea groups is 1. The van der Waals surface area contributed by atoms with E-state index >= 15 is 0 Å². The smallest absolute Gasteiger partial charge is 0.318 e. The van der Waals surface area contributed by atoms with Crippen LogP contribution in [0.25, 0.3) is 0 Å². The van der Waals surface area contributed by atoms with Crippen molar-refractivity contribution in [3.8, 4) is 5.75 Å². The van der Waals surface area contributed by atoms with Crippen molar-refractivity contribution < 1.29 is 18.7 Å². The van der Waals surface area contributed by atoms with Gasteiger partial charge in [-0.25, -0.2) is 9.18 Å². The van der Waals surface area contributed by atoms with Crippen molar-refractivity contribution in [2.24, 2.45) is 0 Å². The summed E-state index contributed by atoms with van der Waals surface area (Å²) in [4.78, 5) is 30.4. The number of thiophene rings is 1. The van der Waals surface area contributed by atoms with E-state index in [-0.39, 0.29) is 43.0 Å². The molecule has 168 valence electrons. The number of halogens is 1. The molecule has 31 heavy (non-hydrogen) atoms. The van der Waals surface area contributed by atoms with E-state index in [0.717, 1.165) is 18.4 Å². The normalized spacial score (nSPS) is 15.5. The minimum atomic E-state index is -0.322. The third kappa shape index (κ3) is 5.97. The molecule has 1 aromatic heterocycles. The van der Waals surface area contributed by atoms with Gasteiger partial charge in [-0.2, -0.15) is 0 Å². The third-order valence-corrected chi connectivity index (χ3v) is 6.15. The fourth-order valence-corrected chi connectivity index (χ4v) is 4.62. The first-order valence-corrected chi connectivity index (χ1v) is 11.6. The lowest BCUT2D eigenvalue weighted by Crippen LogP contribution is -2.50. The van der Waals surface area contributed by atoms with Crippen molar-refractivity contribution in [1.82, 2.24) is 15.1 Å². The molecule has 6 nitrogen and oxygen atoms in total. The predicted octanol–water partition coefficient (Wildman–Crippen LogP) is 4.22. The molecular formula is C23H30FN3O3S. The average molecular weight is 448 g/mol. The summed E-state index contributed by atoms with van der Waals surface area (Å²) in [7, 11) is 0. The summed E-state index contributed by atoms with van der Waals surface area (Å²) in [5.74, 6) is 0.134. The monoisotopic (exact) mass is 447 g/mol. The van der Waals surface area contributed by atoms with E-state index in [4.69, 9.17) is 4.74 Å². The second-order valence-corrected chi connectivity index (χ2v) is 8.94. The van der Waals surface area contributed by atoms with Crippen molar-refractivity contribution in [1.29, 1.82) is 0 Å². The van der Waals surface area contributed by atoms with Crippen LogP contribution in [0.3, 0.4) is 0 Å². The van der Waals surface area contributed by atoms with Crippen LogP contribution in [0.5, 0.6) is 5.75 Å². The van der Waals surface area contributed by atoms with Crippen molar-refractivity contribution in [2.75, 3.05) is 26.2 Å². The summed E-state index contributed by atoms with van der Waals surface area (Å²) < 4.78 is 19.1. The molecule has 1 N–H and O–H groups in total. The zero-order valence-corrected chi connectivity index (χ0v) is 19.1. The maximum Gasteiger partial charge on any atom is 0.318 e. The molecule has 2 aromatic rings. The van der Waals surface area contributed by atoms with Crippen LogP contribution in [0, 0.1) is 5.82 Å². The molecule has 2 heterocycles. The van der Waals surface area contributed by atoms with Crippen molar-refractivity contribution in [3.63, 3.8) is 0 Å². The van der Waals surface area contributed by atoms with Crippen LogP contribution in [0.4, 0.5) is 9.18 Å². The second-order valence-electron chi connectivity index (χ2n) is 7.94. The SMILES string of the molecule is CCCN(CC(=O)N1CCc2sccc2C1COc1ccc(F)cc1)C(=O)NC(C)C. The standard InChI is InChI=1S/C23H30FN3O3S/c1-4-11-26(23(29)25-16(2)3)14-22(28)27-12-9-21-19(10-13-31-21)20(27)15-30-18-7-5-17(24)6-8-18/h5-8,10,13,16,20H,4,9,11-12,14-15H2,1-3H3,(H,25,29). The summed E-state index contributed by atoms with van der Waals surface area (Å²) in [6, 6.07) is 7.43. The number of benzene rings is 1. The molecule has 3 rings (SSSR count). The number of ether oxygens (including phenoxy) is 1. The van der Waals surface area contributed by atoms with Crippen molar-refractivity contribution >= 4 is 23.3 Å². The Morgan fingerprint density at radius 2 is 2.03 bits per heavy atom. The van der Waals surface area contributed by atoms with E-state index < -0.39 is 0 Å². The highest BCUT2D eigenvalue weighted by Gasteiger charge is 2.33. The molecule has 1 atom stereocenters. The van der Waals surface area contributed by atoms with Gasteiger partial charge in [0.25, 0.3) is 0 Å². The Morgan fingerprint density at radius 3 is 2.71 bits per heavy atom. The van der Waals surface area contributed by atoms with Crippen LogP contribution in [-0.2, 0) is 11.2 Å². The summed E-state index contributed by atoms with van der Waals surface area (Å²) in [6.07, 6.45) is 1.56. The maximum atomic E-state index is 13.3. The maximum absolute atomic E-state index is 13.3. The first-order valence-electron chi connectivity index (χ1n) is 10.7. The molecule has 1 aliphatic rings.